The van der Waals surface area contributed by atoms with Gasteiger partial charge in [0.1, 0.15) is 0 Å². The Hall–Kier alpha value is -1.77. The maximum Gasteiger partial charge on any atom is 0.225 e. The van der Waals surface area contributed by atoms with E-state index in [0.29, 0.717) is 0 Å². The molecule has 1 amide bonds. The number of aromatic nitrogens is 1. The van der Waals surface area contributed by atoms with Gasteiger partial charge < -0.3 is 9.47 Å². The summed E-state index contributed by atoms with van der Waals surface area (Å²) < 4.78 is 2.31. The third kappa shape index (κ3) is 2.01. The second-order valence-electron chi connectivity index (χ2n) is 5.92. The minimum absolute atomic E-state index is 0.0715. The zero-order chi connectivity index (χ0) is 14.3. The molecule has 3 rings (SSSR count). The van der Waals surface area contributed by atoms with E-state index < -0.39 is 0 Å². The molecule has 0 unspecified atom stereocenters. The highest BCUT2D eigenvalue weighted by Crippen LogP contribution is 2.29. The van der Waals surface area contributed by atoms with Crippen molar-refractivity contribution in [1.29, 1.82) is 0 Å². The van der Waals surface area contributed by atoms with E-state index in [0.717, 1.165) is 26.1 Å². The van der Waals surface area contributed by atoms with Gasteiger partial charge in [-0.3, -0.25) is 4.79 Å². The van der Waals surface area contributed by atoms with E-state index in [-0.39, 0.29) is 11.8 Å². The molecule has 0 radical (unpaired) electrons. The normalized spacial score (nSPS) is 14.9. The largest absolute Gasteiger partial charge is 0.347 e. The Morgan fingerprint density at radius 1 is 1.30 bits per heavy atom. The number of aryl methyl sites for hydroxylation is 1. The number of rotatable bonds is 2. The van der Waals surface area contributed by atoms with Crippen LogP contribution < -0.4 is 0 Å². The lowest BCUT2D eigenvalue weighted by Crippen LogP contribution is -2.34. The van der Waals surface area contributed by atoms with Gasteiger partial charge in [0.25, 0.3) is 0 Å². The Morgan fingerprint density at radius 2 is 2.10 bits per heavy atom. The van der Waals surface area contributed by atoms with Crippen LogP contribution in [0.2, 0.25) is 0 Å². The van der Waals surface area contributed by atoms with E-state index in [9.17, 15) is 4.79 Å². The van der Waals surface area contributed by atoms with Crippen LogP contribution >= 0.6 is 0 Å². The number of amides is 1. The highest BCUT2D eigenvalue weighted by atomic mass is 16.2. The van der Waals surface area contributed by atoms with Gasteiger partial charge in [-0.2, -0.15) is 0 Å². The summed E-state index contributed by atoms with van der Waals surface area (Å²) in [4.78, 5) is 14.3. The molecule has 0 saturated carbocycles. The maximum atomic E-state index is 12.3. The van der Waals surface area contributed by atoms with Crippen LogP contribution in [-0.4, -0.2) is 21.9 Å². The second kappa shape index (κ2) is 4.97. The first-order valence-electron chi connectivity index (χ1n) is 7.50. The van der Waals surface area contributed by atoms with E-state index in [1.165, 1.54) is 22.0 Å². The summed E-state index contributed by atoms with van der Waals surface area (Å²) in [7, 11) is 0. The Bertz CT molecular complexity index is 654. The van der Waals surface area contributed by atoms with E-state index >= 15 is 0 Å². The van der Waals surface area contributed by atoms with Crippen LogP contribution in [-0.2, 0) is 24.3 Å². The van der Waals surface area contributed by atoms with Crippen LogP contribution in [0.15, 0.2) is 24.4 Å². The van der Waals surface area contributed by atoms with Gasteiger partial charge in [-0.05, 0) is 30.5 Å². The molecule has 3 nitrogen and oxygen atoms in total. The Morgan fingerprint density at radius 3 is 2.80 bits per heavy atom. The van der Waals surface area contributed by atoms with Gasteiger partial charge in [0.15, 0.2) is 0 Å². The van der Waals surface area contributed by atoms with Crippen LogP contribution in [0.3, 0.4) is 0 Å². The van der Waals surface area contributed by atoms with Crippen molar-refractivity contribution < 1.29 is 4.79 Å². The zero-order valence-corrected chi connectivity index (χ0v) is 12.5. The van der Waals surface area contributed by atoms with Crippen molar-refractivity contribution in [3.8, 4) is 0 Å². The third-order valence-corrected chi connectivity index (χ3v) is 4.23. The van der Waals surface area contributed by atoms with Crippen LogP contribution in [0.25, 0.3) is 10.9 Å². The van der Waals surface area contributed by atoms with Gasteiger partial charge in [0, 0.05) is 42.7 Å². The molecule has 0 saturated heterocycles. The fourth-order valence-corrected chi connectivity index (χ4v) is 3.20. The zero-order valence-electron chi connectivity index (χ0n) is 12.5. The summed E-state index contributed by atoms with van der Waals surface area (Å²) >= 11 is 0. The number of carbonyl (C=O) groups is 1. The fraction of sp³-hybridized carbons (Fsp3) is 0.471. The Kier molecular flexibility index (Phi) is 3.28. The third-order valence-electron chi connectivity index (χ3n) is 4.23. The minimum atomic E-state index is 0.0715. The lowest BCUT2D eigenvalue weighted by molar-refractivity contribution is -0.135. The Labute approximate surface area is 120 Å². The van der Waals surface area contributed by atoms with Crippen molar-refractivity contribution in [3.63, 3.8) is 0 Å². The lowest BCUT2D eigenvalue weighted by atomic mass is 10.1. The van der Waals surface area contributed by atoms with Crippen molar-refractivity contribution >= 4 is 16.8 Å². The molecule has 106 valence electrons. The molecule has 1 aliphatic rings. The second-order valence-corrected chi connectivity index (χ2v) is 5.92. The molecular weight excluding hydrogens is 248 g/mol. The average molecular weight is 270 g/mol. The number of benzene rings is 1. The summed E-state index contributed by atoms with van der Waals surface area (Å²) in [6.45, 7) is 8.70. The quantitative estimate of drug-likeness (QED) is 0.822. The average Bonchev–Trinajstić information content (AvgIpc) is 2.70. The molecule has 20 heavy (non-hydrogen) atoms. The van der Waals surface area contributed by atoms with Gasteiger partial charge in [-0.15, -0.1) is 0 Å². The topological polar surface area (TPSA) is 25.2 Å². The first kappa shape index (κ1) is 13.2. The first-order chi connectivity index (χ1) is 9.61. The van der Waals surface area contributed by atoms with E-state index in [4.69, 9.17) is 0 Å². The number of hydrogen-bond donors (Lipinski definition) is 0. The van der Waals surface area contributed by atoms with Gasteiger partial charge in [-0.25, -0.2) is 0 Å². The van der Waals surface area contributed by atoms with Crippen molar-refractivity contribution in [2.45, 2.75) is 40.3 Å². The van der Waals surface area contributed by atoms with Gasteiger partial charge >= 0.3 is 0 Å². The van der Waals surface area contributed by atoms with E-state index in [2.05, 4.69) is 35.9 Å². The molecule has 0 bridgehead atoms. The van der Waals surface area contributed by atoms with Crippen molar-refractivity contribution in [2.24, 2.45) is 5.92 Å². The molecule has 0 atom stereocenters. The molecule has 2 aromatic rings. The molecule has 0 spiro atoms. The van der Waals surface area contributed by atoms with E-state index in [1.54, 1.807) is 0 Å². The number of hydrogen-bond acceptors (Lipinski definition) is 1. The summed E-state index contributed by atoms with van der Waals surface area (Å²) in [5.74, 6) is 0.331. The monoisotopic (exact) mass is 270 g/mol. The number of carbonyl (C=O) groups excluding carboxylic acids is 1. The molecule has 1 aliphatic heterocycles. The standard InChI is InChI=1S/C17H22N2O/c1-4-18-10-14-8-9-19(17(20)12(2)3)11-13-6-5-7-15(18)16(13)14/h5-7,10,12H,4,8-9,11H2,1-3H3. The van der Waals surface area contributed by atoms with Gasteiger partial charge in [-0.1, -0.05) is 26.0 Å². The minimum Gasteiger partial charge on any atom is -0.347 e. The molecule has 1 aromatic heterocycles. The van der Waals surface area contributed by atoms with Crippen LogP contribution in [0.4, 0.5) is 0 Å². The highest BCUT2D eigenvalue weighted by molar-refractivity contribution is 5.88. The molecular formula is C17H22N2O. The predicted octanol–water partition coefficient (Wildman–Crippen LogP) is 3.20. The predicted molar refractivity (Wildman–Crippen MR) is 81.6 cm³/mol. The lowest BCUT2D eigenvalue weighted by Gasteiger charge is -2.23. The summed E-state index contributed by atoms with van der Waals surface area (Å²) in [5.41, 5.74) is 3.98. The molecule has 3 heteroatoms. The SMILES string of the molecule is CCn1cc2c3c(cccc31)CN(C(=O)C(C)C)CC2. The van der Waals surface area contributed by atoms with Gasteiger partial charge in [0.2, 0.25) is 5.91 Å². The van der Waals surface area contributed by atoms with Crippen molar-refractivity contribution in [3.05, 3.63) is 35.5 Å². The van der Waals surface area contributed by atoms with Crippen molar-refractivity contribution in [1.82, 2.24) is 9.47 Å². The van der Waals surface area contributed by atoms with Crippen LogP contribution in [0, 0.1) is 5.92 Å². The molecule has 0 aliphatic carbocycles. The summed E-state index contributed by atoms with van der Waals surface area (Å²) in [6.07, 6.45) is 3.22. The summed E-state index contributed by atoms with van der Waals surface area (Å²) in [6, 6.07) is 6.46. The maximum absolute atomic E-state index is 12.3. The smallest absolute Gasteiger partial charge is 0.225 e. The first-order valence-corrected chi connectivity index (χ1v) is 7.50. The van der Waals surface area contributed by atoms with Crippen LogP contribution in [0.1, 0.15) is 31.9 Å². The van der Waals surface area contributed by atoms with Gasteiger partial charge in [0.05, 0.1) is 0 Å². The van der Waals surface area contributed by atoms with E-state index in [1.807, 2.05) is 18.7 Å². The number of nitrogens with zero attached hydrogens (tertiary/aromatic N) is 2. The molecule has 2 heterocycles. The van der Waals surface area contributed by atoms with Crippen molar-refractivity contribution in [2.75, 3.05) is 6.54 Å². The molecule has 0 N–H and O–H groups in total. The summed E-state index contributed by atoms with van der Waals surface area (Å²) in [5, 5.41) is 1.37. The van der Waals surface area contributed by atoms with Crippen LogP contribution in [0.5, 0.6) is 0 Å². The highest BCUT2D eigenvalue weighted by Gasteiger charge is 2.23. The fourth-order valence-electron chi connectivity index (χ4n) is 3.20. The molecule has 1 aromatic carbocycles. The molecule has 0 fully saturated rings. The Balaban J connectivity index is 2.06.